The summed E-state index contributed by atoms with van der Waals surface area (Å²) in [5.74, 6) is -2.19. The third kappa shape index (κ3) is 5.35. The summed E-state index contributed by atoms with van der Waals surface area (Å²) in [7, 11) is 0. The van der Waals surface area contributed by atoms with Gasteiger partial charge in [-0.2, -0.15) is 0 Å². The second-order valence-corrected chi connectivity index (χ2v) is 9.57. The number of anilines is 1. The third-order valence-corrected chi connectivity index (χ3v) is 6.82. The fraction of sp³-hybridized carbons (Fsp3) is 0.121. The van der Waals surface area contributed by atoms with E-state index in [0.717, 1.165) is 11.1 Å². The smallest absolute Gasteiger partial charge is 0.307 e. The van der Waals surface area contributed by atoms with Gasteiger partial charge in [0.1, 0.15) is 18.1 Å². The van der Waals surface area contributed by atoms with Crippen LogP contribution < -0.4 is 9.64 Å². The van der Waals surface area contributed by atoms with Crippen molar-refractivity contribution < 1.29 is 29.3 Å². The molecule has 5 rings (SSSR count). The Labute approximate surface area is 231 Å². The number of aliphatic carboxylic acids is 1. The van der Waals surface area contributed by atoms with Gasteiger partial charge in [0.25, 0.3) is 11.7 Å². The van der Waals surface area contributed by atoms with Crippen LogP contribution in [0.5, 0.6) is 5.75 Å². The van der Waals surface area contributed by atoms with E-state index in [1.165, 1.54) is 4.90 Å². The molecule has 7 heteroatoms. The highest BCUT2D eigenvalue weighted by molar-refractivity contribution is 6.51. The van der Waals surface area contributed by atoms with Gasteiger partial charge in [0, 0.05) is 11.3 Å². The third-order valence-electron chi connectivity index (χ3n) is 6.82. The molecule has 0 aromatic heterocycles. The fourth-order valence-electron chi connectivity index (χ4n) is 4.85. The summed E-state index contributed by atoms with van der Waals surface area (Å²) in [4.78, 5) is 39.2. The lowest BCUT2D eigenvalue weighted by Gasteiger charge is -2.25. The lowest BCUT2D eigenvalue weighted by Crippen LogP contribution is -2.29. The summed E-state index contributed by atoms with van der Waals surface area (Å²) < 4.78 is 5.96. The van der Waals surface area contributed by atoms with E-state index in [-0.39, 0.29) is 17.8 Å². The minimum atomic E-state index is -0.968. The molecule has 1 aliphatic heterocycles. The van der Waals surface area contributed by atoms with Crippen LogP contribution in [-0.4, -0.2) is 27.9 Å². The van der Waals surface area contributed by atoms with Crippen molar-refractivity contribution in [2.75, 3.05) is 4.90 Å². The Bertz CT molecular complexity index is 1590. The van der Waals surface area contributed by atoms with Crippen molar-refractivity contribution in [1.82, 2.24) is 0 Å². The van der Waals surface area contributed by atoms with Gasteiger partial charge in [0.2, 0.25) is 0 Å². The van der Waals surface area contributed by atoms with Crippen molar-refractivity contribution in [3.05, 3.63) is 137 Å². The van der Waals surface area contributed by atoms with Gasteiger partial charge in [0.05, 0.1) is 18.0 Å². The fourth-order valence-corrected chi connectivity index (χ4v) is 4.85. The maximum atomic E-state index is 13.4. The number of hydrogen-bond acceptors (Lipinski definition) is 5. The monoisotopic (exact) mass is 533 g/mol. The highest BCUT2D eigenvalue weighted by Gasteiger charge is 2.46. The molecule has 1 heterocycles. The molecule has 1 atom stereocenters. The maximum Gasteiger partial charge on any atom is 0.307 e. The minimum Gasteiger partial charge on any atom is -0.507 e. The molecule has 1 aliphatic rings. The number of amides is 1. The van der Waals surface area contributed by atoms with Crippen molar-refractivity contribution >= 4 is 29.1 Å². The lowest BCUT2D eigenvalue weighted by molar-refractivity contribution is -0.136. The standard InChI is InChI=1S/C33H27NO6/c1-21-18-25(14-17-27(21)40-20-23-8-4-2-5-9-23)31(37)29-30(24-10-6-3-7-11-24)34(33(39)32(29)38)26-15-12-22(13-16-26)19-28(35)36/h2-18,30,37H,19-20H2,1H3,(H,35,36)/b31-29-. The number of aryl methyl sites for hydroxylation is 1. The van der Waals surface area contributed by atoms with E-state index in [9.17, 15) is 19.5 Å². The zero-order valence-corrected chi connectivity index (χ0v) is 21.8. The van der Waals surface area contributed by atoms with Gasteiger partial charge in [-0.25, -0.2) is 0 Å². The summed E-state index contributed by atoms with van der Waals surface area (Å²) >= 11 is 0. The van der Waals surface area contributed by atoms with Crippen LogP contribution in [0.4, 0.5) is 5.69 Å². The minimum absolute atomic E-state index is 0.0248. The molecule has 1 fully saturated rings. The van der Waals surface area contributed by atoms with Gasteiger partial charge in [-0.15, -0.1) is 0 Å². The van der Waals surface area contributed by atoms with Crippen LogP contribution in [0.25, 0.3) is 5.76 Å². The van der Waals surface area contributed by atoms with Crippen molar-refractivity contribution in [3.8, 4) is 5.75 Å². The number of ketones is 1. The summed E-state index contributed by atoms with van der Waals surface area (Å²) in [5, 5.41) is 20.5. The van der Waals surface area contributed by atoms with E-state index >= 15 is 0 Å². The summed E-state index contributed by atoms with van der Waals surface area (Å²) in [5.41, 5.74) is 3.78. The molecule has 4 aromatic rings. The van der Waals surface area contributed by atoms with Gasteiger partial charge < -0.3 is 14.9 Å². The Morgan fingerprint density at radius 3 is 2.10 bits per heavy atom. The van der Waals surface area contributed by atoms with Crippen molar-refractivity contribution in [2.24, 2.45) is 0 Å². The molecule has 0 bridgehead atoms. The number of carboxylic acid groups (broad SMARTS) is 1. The Balaban J connectivity index is 1.52. The molecule has 4 aromatic carbocycles. The molecule has 1 unspecified atom stereocenters. The SMILES string of the molecule is Cc1cc(/C(O)=C2/C(=O)C(=O)N(c3ccc(CC(=O)O)cc3)C2c2ccccc2)ccc1OCc1ccccc1. The Kier molecular flexibility index (Phi) is 7.46. The largest absolute Gasteiger partial charge is 0.507 e. The lowest BCUT2D eigenvalue weighted by atomic mass is 9.94. The molecule has 1 amide bonds. The summed E-state index contributed by atoms with van der Waals surface area (Å²) in [6, 6.07) is 29.5. The molecule has 0 aliphatic carbocycles. The van der Waals surface area contributed by atoms with Gasteiger partial charge in [0.15, 0.2) is 0 Å². The van der Waals surface area contributed by atoms with Crippen molar-refractivity contribution in [1.29, 1.82) is 0 Å². The molecular formula is C33H27NO6. The molecule has 7 nitrogen and oxygen atoms in total. The molecule has 0 radical (unpaired) electrons. The van der Waals surface area contributed by atoms with Crippen LogP contribution in [0.1, 0.15) is 33.9 Å². The highest BCUT2D eigenvalue weighted by Crippen LogP contribution is 2.42. The van der Waals surface area contributed by atoms with Gasteiger partial charge in [-0.3, -0.25) is 19.3 Å². The van der Waals surface area contributed by atoms with Gasteiger partial charge in [-0.1, -0.05) is 72.8 Å². The number of aliphatic hydroxyl groups is 1. The van der Waals surface area contributed by atoms with Crippen molar-refractivity contribution in [2.45, 2.75) is 26.0 Å². The number of benzene rings is 4. The van der Waals surface area contributed by atoms with E-state index in [0.29, 0.717) is 34.7 Å². The van der Waals surface area contributed by atoms with E-state index in [2.05, 4.69) is 0 Å². The predicted molar refractivity (Wildman–Crippen MR) is 151 cm³/mol. The van der Waals surface area contributed by atoms with Crippen molar-refractivity contribution in [3.63, 3.8) is 0 Å². The van der Waals surface area contributed by atoms with Gasteiger partial charge >= 0.3 is 5.97 Å². The van der Waals surface area contributed by atoms with Crippen LogP contribution in [-0.2, 0) is 27.4 Å². The first-order valence-electron chi connectivity index (χ1n) is 12.8. The molecule has 200 valence electrons. The molecule has 1 saturated heterocycles. The van der Waals surface area contributed by atoms with Crippen LogP contribution in [0.2, 0.25) is 0 Å². The van der Waals surface area contributed by atoms with E-state index in [4.69, 9.17) is 9.84 Å². The number of carbonyl (C=O) groups is 3. The number of carboxylic acids is 1. The van der Waals surface area contributed by atoms with Crippen LogP contribution in [0.3, 0.4) is 0 Å². The average Bonchev–Trinajstić information content (AvgIpc) is 3.23. The van der Waals surface area contributed by atoms with E-state index in [1.807, 2.05) is 43.3 Å². The highest BCUT2D eigenvalue weighted by atomic mass is 16.5. The average molecular weight is 534 g/mol. The number of hydrogen-bond donors (Lipinski definition) is 2. The number of ether oxygens (including phenoxy) is 1. The van der Waals surface area contributed by atoms with Crippen LogP contribution in [0, 0.1) is 6.92 Å². The Morgan fingerprint density at radius 2 is 1.48 bits per heavy atom. The number of aliphatic hydroxyl groups excluding tert-OH is 1. The zero-order valence-electron chi connectivity index (χ0n) is 21.8. The van der Waals surface area contributed by atoms with Gasteiger partial charge in [-0.05, 0) is 59.5 Å². The molecule has 0 saturated carbocycles. The Morgan fingerprint density at radius 1 is 0.825 bits per heavy atom. The quantitative estimate of drug-likeness (QED) is 0.168. The normalized spacial score (nSPS) is 16.2. The first-order valence-corrected chi connectivity index (χ1v) is 12.8. The van der Waals surface area contributed by atoms with Crippen LogP contribution >= 0.6 is 0 Å². The first-order chi connectivity index (χ1) is 19.3. The maximum absolute atomic E-state index is 13.4. The molecule has 40 heavy (non-hydrogen) atoms. The number of nitrogens with zero attached hydrogens (tertiary/aromatic N) is 1. The Hall–Kier alpha value is -5.17. The predicted octanol–water partition coefficient (Wildman–Crippen LogP) is 5.83. The number of carbonyl (C=O) groups excluding carboxylic acids is 2. The molecular weight excluding hydrogens is 506 g/mol. The molecule has 2 N–H and O–H groups in total. The number of rotatable bonds is 8. The summed E-state index contributed by atoms with van der Waals surface area (Å²) in [6.07, 6.45) is -0.161. The van der Waals surface area contributed by atoms with E-state index in [1.54, 1.807) is 66.7 Å². The molecule has 0 spiro atoms. The zero-order chi connectivity index (χ0) is 28.2. The topological polar surface area (TPSA) is 104 Å². The second kappa shape index (κ2) is 11.3. The first kappa shape index (κ1) is 26.4. The van der Waals surface area contributed by atoms with E-state index < -0.39 is 23.7 Å². The second-order valence-electron chi connectivity index (χ2n) is 9.57. The number of Topliss-reactive ketones (excluding diaryl/α,β-unsaturated/α-hetero) is 1. The summed E-state index contributed by atoms with van der Waals surface area (Å²) in [6.45, 7) is 2.24. The van der Waals surface area contributed by atoms with Crippen LogP contribution in [0.15, 0.2) is 109 Å².